The maximum absolute atomic E-state index is 4.32. The van der Waals surface area contributed by atoms with Crippen LogP contribution in [0, 0.1) is 6.92 Å². The Balaban J connectivity index is 1.73. The molecule has 3 heteroatoms. The summed E-state index contributed by atoms with van der Waals surface area (Å²) in [7, 11) is 0. The second-order valence-corrected chi connectivity index (χ2v) is 5.40. The number of aryl methyl sites for hydroxylation is 2. The minimum atomic E-state index is 1.01. The summed E-state index contributed by atoms with van der Waals surface area (Å²) in [6.45, 7) is 5.25. The van der Waals surface area contributed by atoms with Crippen LogP contribution in [0.2, 0.25) is 0 Å². The Hall–Kier alpha value is -1.87. The summed E-state index contributed by atoms with van der Waals surface area (Å²) in [5.74, 6) is 0. The molecule has 20 heavy (non-hydrogen) atoms. The molecule has 104 valence electrons. The van der Waals surface area contributed by atoms with E-state index in [1.165, 1.54) is 23.2 Å². The van der Waals surface area contributed by atoms with Crippen LogP contribution in [-0.2, 0) is 6.54 Å². The van der Waals surface area contributed by atoms with Gasteiger partial charge in [-0.25, -0.2) is 4.98 Å². The first-order valence-electron chi connectivity index (χ1n) is 7.29. The topological polar surface area (TPSA) is 29.9 Å². The van der Waals surface area contributed by atoms with Gasteiger partial charge in [-0.3, -0.25) is 0 Å². The summed E-state index contributed by atoms with van der Waals surface area (Å²) < 4.78 is 2.26. The number of aromatic nitrogens is 2. The molecule has 0 saturated carbocycles. The molecule has 1 N–H and O–H groups in total. The fraction of sp³-hybridized carbons (Fsp3) is 0.353. The number of benzene rings is 1. The molecule has 3 nitrogen and oxygen atoms in total. The lowest BCUT2D eigenvalue weighted by Crippen LogP contribution is -2.21. The second kappa shape index (κ2) is 6.06. The Morgan fingerprint density at radius 2 is 2.10 bits per heavy atom. The molecule has 0 amide bonds. The van der Waals surface area contributed by atoms with Crippen molar-refractivity contribution in [1.29, 1.82) is 0 Å². The van der Waals surface area contributed by atoms with Gasteiger partial charge < -0.3 is 9.88 Å². The van der Waals surface area contributed by atoms with E-state index in [0.29, 0.717) is 0 Å². The van der Waals surface area contributed by atoms with Crippen LogP contribution in [0.4, 0.5) is 0 Å². The predicted molar refractivity (Wildman–Crippen MR) is 82.6 cm³/mol. The van der Waals surface area contributed by atoms with Gasteiger partial charge >= 0.3 is 0 Å². The van der Waals surface area contributed by atoms with E-state index in [9.17, 15) is 0 Å². The SMILES string of the molecule is Cc1ccc(-c2cncn2CCC2=CCNCC2)cc1. The van der Waals surface area contributed by atoms with E-state index < -0.39 is 0 Å². The van der Waals surface area contributed by atoms with Crippen LogP contribution in [0.5, 0.6) is 0 Å². The fourth-order valence-corrected chi connectivity index (χ4v) is 2.62. The Morgan fingerprint density at radius 1 is 1.25 bits per heavy atom. The number of nitrogens with zero attached hydrogens (tertiary/aromatic N) is 2. The third-order valence-corrected chi connectivity index (χ3v) is 3.89. The van der Waals surface area contributed by atoms with Crippen LogP contribution in [0.25, 0.3) is 11.3 Å². The van der Waals surface area contributed by atoms with Gasteiger partial charge in [-0.1, -0.05) is 41.5 Å². The predicted octanol–water partition coefficient (Wildman–Crippen LogP) is 3.17. The molecule has 0 bridgehead atoms. The molecule has 2 heterocycles. The van der Waals surface area contributed by atoms with Crippen molar-refractivity contribution in [2.24, 2.45) is 0 Å². The molecule has 1 aliphatic heterocycles. The summed E-state index contributed by atoms with van der Waals surface area (Å²) in [5, 5.41) is 3.35. The maximum atomic E-state index is 4.32. The summed E-state index contributed by atoms with van der Waals surface area (Å²) in [4.78, 5) is 4.32. The number of hydrogen-bond donors (Lipinski definition) is 1. The minimum absolute atomic E-state index is 1.01. The normalized spacial score (nSPS) is 15.2. The van der Waals surface area contributed by atoms with Gasteiger partial charge in [-0.2, -0.15) is 0 Å². The molecule has 0 atom stereocenters. The largest absolute Gasteiger partial charge is 0.330 e. The van der Waals surface area contributed by atoms with Gasteiger partial charge in [0.25, 0.3) is 0 Å². The molecule has 2 aromatic rings. The van der Waals surface area contributed by atoms with E-state index in [1.54, 1.807) is 5.57 Å². The van der Waals surface area contributed by atoms with Crippen LogP contribution in [-0.4, -0.2) is 22.6 Å². The zero-order valence-corrected chi connectivity index (χ0v) is 12.0. The van der Waals surface area contributed by atoms with Gasteiger partial charge in [-0.05, 0) is 31.9 Å². The first-order chi connectivity index (χ1) is 9.83. The lowest BCUT2D eigenvalue weighted by Gasteiger charge is -2.15. The second-order valence-electron chi connectivity index (χ2n) is 5.40. The van der Waals surface area contributed by atoms with E-state index in [4.69, 9.17) is 0 Å². The van der Waals surface area contributed by atoms with Crippen LogP contribution in [0.15, 0.2) is 48.4 Å². The third kappa shape index (κ3) is 2.99. The van der Waals surface area contributed by atoms with Gasteiger partial charge in [0.2, 0.25) is 0 Å². The summed E-state index contributed by atoms with van der Waals surface area (Å²) in [6.07, 6.45) is 8.52. The Kier molecular flexibility index (Phi) is 3.97. The van der Waals surface area contributed by atoms with Crippen molar-refractivity contribution in [3.8, 4) is 11.3 Å². The summed E-state index contributed by atoms with van der Waals surface area (Å²) in [5.41, 5.74) is 5.30. The highest BCUT2D eigenvalue weighted by molar-refractivity contribution is 5.59. The van der Waals surface area contributed by atoms with E-state index in [2.05, 4.69) is 52.1 Å². The zero-order valence-electron chi connectivity index (χ0n) is 12.0. The molecule has 0 aliphatic carbocycles. The van der Waals surface area contributed by atoms with Crippen LogP contribution in [0.3, 0.4) is 0 Å². The van der Waals surface area contributed by atoms with Crippen molar-refractivity contribution in [2.75, 3.05) is 13.1 Å². The molecule has 0 radical (unpaired) electrons. The number of rotatable bonds is 4. The molecule has 0 spiro atoms. The number of imidazole rings is 1. The van der Waals surface area contributed by atoms with Gasteiger partial charge in [0.05, 0.1) is 18.2 Å². The van der Waals surface area contributed by atoms with E-state index >= 15 is 0 Å². The van der Waals surface area contributed by atoms with Crippen LogP contribution >= 0.6 is 0 Å². The van der Waals surface area contributed by atoms with Crippen molar-refractivity contribution in [3.05, 3.63) is 54.0 Å². The highest BCUT2D eigenvalue weighted by atomic mass is 15.0. The summed E-state index contributed by atoms with van der Waals surface area (Å²) in [6, 6.07) is 8.66. The van der Waals surface area contributed by atoms with Crippen molar-refractivity contribution in [2.45, 2.75) is 26.3 Å². The van der Waals surface area contributed by atoms with Gasteiger partial charge in [0.1, 0.15) is 0 Å². The molecule has 0 fully saturated rings. The fourth-order valence-electron chi connectivity index (χ4n) is 2.62. The van der Waals surface area contributed by atoms with E-state index in [-0.39, 0.29) is 0 Å². The Labute approximate surface area is 120 Å². The van der Waals surface area contributed by atoms with Crippen LogP contribution in [0.1, 0.15) is 18.4 Å². The zero-order chi connectivity index (χ0) is 13.8. The molecule has 3 rings (SSSR count). The third-order valence-electron chi connectivity index (χ3n) is 3.89. The minimum Gasteiger partial charge on any atom is -0.330 e. The van der Waals surface area contributed by atoms with Crippen molar-refractivity contribution >= 4 is 0 Å². The average Bonchev–Trinajstić information content (AvgIpc) is 2.95. The van der Waals surface area contributed by atoms with Crippen molar-refractivity contribution < 1.29 is 0 Å². The standard InChI is InChI=1S/C17H21N3/c1-14-2-4-16(5-3-14)17-12-19-13-20(17)11-8-15-6-9-18-10-7-15/h2-6,12-13,18H,7-11H2,1H3. The maximum Gasteiger partial charge on any atom is 0.0951 e. The van der Waals surface area contributed by atoms with E-state index in [0.717, 1.165) is 26.1 Å². The molecule has 1 aromatic heterocycles. The molecular weight excluding hydrogens is 246 g/mol. The number of hydrogen-bond acceptors (Lipinski definition) is 2. The molecule has 0 saturated heterocycles. The highest BCUT2D eigenvalue weighted by Crippen LogP contribution is 2.21. The molecule has 1 aliphatic rings. The first-order valence-corrected chi connectivity index (χ1v) is 7.29. The van der Waals surface area contributed by atoms with Gasteiger partial charge in [0, 0.05) is 13.1 Å². The number of nitrogens with one attached hydrogen (secondary N) is 1. The van der Waals surface area contributed by atoms with Crippen molar-refractivity contribution in [1.82, 2.24) is 14.9 Å². The summed E-state index contributed by atoms with van der Waals surface area (Å²) >= 11 is 0. The van der Waals surface area contributed by atoms with Crippen molar-refractivity contribution in [3.63, 3.8) is 0 Å². The molecule has 0 unspecified atom stereocenters. The Bertz CT molecular complexity index is 593. The van der Waals surface area contributed by atoms with Gasteiger partial charge in [-0.15, -0.1) is 0 Å². The molecular formula is C17H21N3. The van der Waals surface area contributed by atoms with Crippen LogP contribution < -0.4 is 5.32 Å². The lowest BCUT2D eigenvalue weighted by atomic mass is 10.1. The monoisotopic (exact) mass is 267 g/mol. The quantitative estimate of drug-likeness (QED) is 0.862. The smallest absolute Gasteiger partial charge is 0.0951 e. The molecule has 1 aromatic carbocycles. The highest BCUT2D eigenvalue weighted by Gasteiger charge is 2.07. The first kappa shape index (κ1) is 13.1. The lowest BCUT2D eigenvalue weighted by molar-refractivity contribution is 0.633. The average molecular weight is 267 g/mol. The van der Waals surface area contributed by atoms with E-state index in [1.807, 2.05) is 12.5 Å². The Morgan fingerprint density at radius 3 is 2.85 bits per heavy atom. The van der Waals surface area contributed by atoms with Gasteiger partial charge in [0.15, 0.2) is 0 Å².